The van der Waals surface area contributed by atoms with Gasteiger partial charge in [0.25, 0.3) is 5.91 Å². The van der Waals surface area contributed by atoms with Crippen LogP contribution in [0.4, 0.5) is 5.69 Å². The highest BCUT2D eigenvalue weighted by atomic mass is 16.4. The Morgan fingerprint density at radius 2 is 1.50 bits per heavy atom. The second kappa shape index (κ2) is 10.9. The predicted molar refractivity (Wildman–Crippen MR) is 160 cm³/mol. The molecule has 0 spiro atoms. The van der Waals surface area contributed by atoms with Crippen molar-refractivity contribution in [3.63, 3.8) is 0 Å². The van der Waals surface area contributed by atoms with Gasteiger partial charge in [0.15, 0.2) is 5.76 Å². The summed E-state index contributed by atoms with van der Waals surface area (Å²) in [4.78, 5) is 31.6. The first-order chi connectivity index (χ1) is 18.9. The standard InChI is InChI=1S/C34H43N3O3/c1-24-20-28-29(34(4,5)15-14-33(28,2)3)22-25(24)21-27-12-13-30(40-27)32(39)37-18-16-36(17-19-37)23-31(38)35(6)26-10-8-7-9-11-26/h7-13,20,22H,14-19,21,23H2,1-6H3. The van der Waals surface area contributed by atoms with Gasteiger partial charge >= 0.3 is 0 Å². The quantitative estimate of drug-likeness (QED) is 0.387. The summed E-state index contributed by atoms with van der Waals surface area (Å²) in [6, 6.07) is 18.2. The minimum atomic E-state index is -0.0799. The number of anilines is 1. The Bertz CT molecular complexity index is 1380. The zero-order chi connectivity index (χ0) is 28.7. The van der Waals surface area contributed by atoms with Gasteiger partial charge in [-0.2, -0.15) is 0 Å². The van der Waals surface area contributed by atoms with Gasteiger partial charge in [-0.15, -0.1) is 0 Å². The number of aryl methyl sites for hydroxylation is 1. The zero-order valence-electron chi connectivity index (χ0n) is 24.9. The Hall–Kier alpha value is -3.38. The highest BCUT2D eigenvalue weighted by molar-refractivity contribution is 5.94. The topological polar surface area (TPSA) is 57.0 Å². The van der Waals surface area contributed by atoms with Crippen molar-refractivity contribution in [2.24, 2.45) is 0 Å². The molecule has 0 atom stereocenters. The largest absolute Gasteiger partial charge is 0.456 e. The fourth-order valence-corrected chi connectivity index (χ4v) is 6.09. The molecule has 1 saturated heterocycles. The van der Waals surface area contributed by atoms with Crippen molar-refractivity contribution in [1.29, 1.82) is 0 Å². The fraction of sp³-hybridized carbons (Fsp3) is 0.471. The van der Waals surface area contributed by atoms with Crippen molar-refractivity contribution in [3.8, 4) is 0 Å². The first-order valence-electron chi connectivity index (χ1n) is 14.5. The van der Waals surface area contributed by atoms with Gasteiger partial charge in [0.05, 0.1) is 6.54 Å². The molecule has 2 amide bonds. The van der Waals surface area contributed by atoms with Crippen molar-refractivity contribution in [3.05, 3.63) is 88.4 Å². The SMILES string of the molecule is Cc1cc2c(cc1Cc1ccc(C(=O)N3CCN(CC(=O)N(C)c4ccccc4)CC3)o1)C(C)(C)CCC2(C)C. The van der Waals surface area contributed by atoms with Crippen molar-refractivity contribution in [2.45, 2.75) is 64.7 Å². The highest BCUT2D eigenvalue weighted by Crippen LogP contribution is 2.46. The number of para-hydroxylation sites is 1. The summed E-state index contributed by atoms with van der Waals surface area (Å²) in [5, 5.41) is 0. The molecule has 1 aromatic heterocycles. The number of fused-ring (bicyclic) bond motifs is 1. The Balaban J connectivity index is 1.20. The summed E-state index contributed by atoms with van der Waals surface area (Å²) in [7, 11) is 1.80. The summed E-state index contributed by atoms with van der Waals surface area (Å²) in [5.74, 6) is 1.17. The Labute approximate surface area is 238 Å². The molecule has 1 fully saturated rings. The summed E-state index contributed by atoms with van der Waals surface area (Å²) >= 11 is 0. The lowest BCUT2D eigenvalue weighted by Gasteiger charge is -2.42. The summed E-state index contributed by atoms with van der Waals surface area (Å²) < 4.78 is 6.10. The maximum absolute atomic E-state index is 13.2. The lowest BCUT2D eigenvalue weighted by Crippen LogP contribution is -2.51. The van der Waals surface area contributed by atoms with Crippen LogP contribution in [0.2, 0.25) is 0 Å². The molecule has 6 heteroatoms. The van der Waals surface area contributed by atoms with E-state index >= 15 is 0 Å². The number of hydrogen-bond donors (Lipinski definition) is 0. The number of hydrogen-bond acceptors (Lipinski definition) is 4. The van der Waals surface area contributed by atoms with E-state index in [4.69, 9.17) is 4.42 Å². The Morgan fingerprint density at radius 3 is 2.15 bits per heavy atom. The maximum atomic E-state index is 13.2. The van der Waals surface area contributed by atoms with Crippen LogP contribution in [0, 0.1) is 6.92 Å². The molecular weight excluding hydrogens is 498 g/mol. The number of furan rings is 1. The van der Waals surface area contributed by atoms with Crippen LogP contribution >= 0.6 is 0 Å². The van der Waals surface area contributed by atoms with Gasteiger partial charge in [-0.05, 0) is 77.1 Å². The van der Waals surface area contributed by atoms with Crippen LogP contribution in [-0.2, 0) is 22.0 Å². The van der Waals surface area contributed by atoms with Crippen LogP contribution in [0.1, 0.15) is 79.1 Å². The number of piperazine rings is 1. The van der Waals surface area contributed by atoms with E-state index in [9.17, 15) is 9.59 Å². The van der Waals surface area contributed by atoms with Crippen LogP contribution in [0.5, 0.6) is 0 Å². The molecule has 2 heterocycles. The smallest absolute Gasteiger partial charge is 0.289 e. The lowest BCUT2D eigenvalue weighted by molar-refractivity contribution is -0.119. The maximum Gasteiger partial charge on any atom is 0.289 e. The summed E-state index contributed by atoms with van der Waals surface area (Å²) in [6.07, 6.45) is 3.05. The van der Waals surface area contributed by atoms with Gasteiger partial charge in [0.1, 0.15) is 5.76 Å². The number of carbonyl (C=O) groups excluding carboxylic acids is 2. The van der Waals surface area contributed by atoms with E-state index in [1.807, 2.05) is 47.4 Å². The van der Waals surface area contributed by atoms with Crippen molar-refractivity contribution < 1.29 is 14.0 Å². The number of benzene rings is 2. The second-order valence-corrected chi connectivity index (χ2v) is 12.9. The van der Waals surface area contributed by atoms with Crippen LogP contribution in [0.25, 0.3) is 0 Å². The number of nitrogens with zero attached hydrogens (tertiary/aromatic N) is 3. The summed E-state index contributed by atoms with van der Waals surface area (Å²) in [6.45, 7) is 14.4. The molecule has 5 rings (SSSR count). The molecule has 6 nitrogen and oxygen atoms in total. The van der Waals surface area contributed by atoms with Gasteiger partial charge in [-0.1, -0.05) is 58.0 Å². The first-order valence-corrected chi connectivity index (χ1v) is 14.5. The van der Waals surface area contributed by atoms with E-state index in [2.05, 4.69) is 51.7 Å². The van der Waals surface area contributed by atoms with Gasteiger partial charge in [-0.25, -0.2) is 0 Å². The molecule has 0 bridgehead atoms. The minimum absolute atomic E-state index is 0.0473. The van der Waals surface area contributed by atoms with Gasteiger partial charge in [0, 0.05) is 45.3 Å². The molecule has 0 radical (unpaired) electrons. The van der Waals surface area contributed by atoms with Gasteiger partial charge in [0.2, 0.25) is 5.91 Å². The van der Waals surface area contributed by atoms with Gasteiger partial charge < -0.3 is 14.2 Å². The van der Waals surface area contributed by atoms with Crippen LogP contribution in [-0.4, -0.2) is 61.4 Å². The first kappa shape index (κ1) is 28.2. The average Bonchev–Trinajstić information content (AvgIpc) is 3.41. The van der Waals surface area contributed by atoms with Crippen molar-refractivity contribution in [2.75, 3.05) is 44.7 Å². The number of amides is 2. The molecule has 1 aliphatic carbocycles. The van der Waals surface area contributed by atoms with E-state index in [0.29, 0.717) is 44.9 Å². The number of rotatable bonds is 6. The molecule has 0 unspecified atom stereocenters. The van der Waals surface area contributed by atoms with Crippen LogP contribution in [0.3, 0.4) is 0 Å². The Kier molecular flexibility index (Phi) is 7.66. The third-order valence-electron chi connectivity index (χ3n) is 9.08. The normalized spacial score (nSPS) is 18.3. The van der Waals surface area contributed by atoms with Crippen LogP contribution < -0.4 is 4.90 Å². The molecule has 212 valence electrons. The van der Waals surface area contributed by atoms with E-state index in [1.54, 1.807) is 11.9 Å². The second-order valence-electron chi connectivity index (χ2n) is 12.9. The predicted octanol–water partition coefficient (Wildman–Crippen LogP) is 5.95. The molecule has 1 aliphatic heterocycles. The number of likely N-dealkylation sites (N-methyl/N-ethyl adjacent to an activating group) is 1. The van der Waals surface area contributed by atoms with E-state index in [1.165, 1.54) is 35.1 Å². The monoisotopic (exact) mass is 541 g/mol. The van der Waals surface area contributed by atoms with Crippen molar-refractivity contribution in [1.82, 2.24) is 9.80 Å². The lowest BCUT2D eigenvalue weighted by atomic mass is 9.62. The molecule has 0 N–H and O–H groups in total. The van der Waals surface area contributed by atoms with Crippen molar-refractivity contribution >= 4 is 17.5 Å². The minimum Gasteiger partial charge on any atom is -0.456 e. The number of carbonyl (C=O) groups is 2. The highest BCUT2D eigenvalue weighted by Gasteiger charge is 2.37. The van der Waals surface area contributed by atoms with Crippen LogP contribution in [0.15, 0.2) is 59.0 Å². The summed E-state index contributed by atoms with van der Waals surface area (Å²) in [5.41, 5.74) is 6.67. The third-order valence-corrected chi connectivity index (χ3v) is 9.08. The average molecular weight is 542 g/mol. The van der Waals surface area contributed by atoms with E-state index < -0.39 is 0 Å². The third kappa shape index (κ3) is 5.73. The zero-order valence-corrected chi connectivity index (χ0v) is 24.9. The Morgan fingerprint density at radius 1 is 0.875 bits per heavy atom. The molecular formula is C34H43N3O3. The molecule has 0 saturated carbocycles. The molecule has 3 aromatic rings. The fourth-order valence-electron chi connectivity index (χ4n) is 6.09. The molecule has 2 aromatic carbocycles. The molecule has 40 heavy (non-hydrogen) atoms. The van der Waals surface area contributed by atoms with E-state index in [-0.39, 0.29) is 22.6 Å². The van der Waals surface area contributed by atoms with Gasteiger partial charge in [-0.3, -0.25) is 14.5 Å². The molecule has 2 aliphatic rings. The van der Waals surface area contributed by atoms with E-state index in [0.717, 1.165) is 11.4 Å².